The van der Waals surface area contributed by atoms with Gasteiger partial charge in [0.25, 0.3) is 0 Å². The molecule has 0 aromatic heterocycles. The first kappa shape index (κ1) is 15.1. The zero-order valence-corrected chi connectivity index (χ0v) is 12.9. The molecule has 0 saturated heterocycles. The molecule has 0 aliphatic carbocycles. The molecule has 5 heteroatoms. The van der Waals surface area contributed by atoms with Gasteiger partial charge in [-0.3, -0.25) is 0 Å². The lowest BCUT2D eigenvalue weighted by atomic mass is 9.93. The van der Waals surface area contributed by atoms with Crippen LogP contribution in [-0.4, -0.2) is 30.1 Å². The van der Waals surface area contributed by atoms with Crippen molar-refractivity contribution in [1.82, 2.24) is 5.43 Å². The maximum Gasteiger partial charge on any atom is 0.140 e. The third-order valence-corrected chi connectivity index (χ3v) is 3.63. The third-order valence-electron chi connectivity index (χ3n) is 3.35. The summed E-state index contributed by atoms with van der Waals surface area (Å²) < 4.78 is 5.56. The van der Waals surface area contributed by atoms with E-state index in [9.17, 15) is 5.11 Å². The number of hydrogen-bond acceptors (Lipinski definition) is 4. The van der Waals surface area contributed by atoms with Gasteiger partial charge in [0, 0.05) is 12.5 Å². The van der Waals surface area contributed by atoms with E-state index >= 15 is 0 Å². The minimum absolute atomic E-state index is 0.235. The van der Waals surface area contributed by atoms with E-state index < -0.39 is 6.10 Å². The molecule has 1 unspecified atom stereocenters. The predicted octanol–water partition coefficient (Wildman–Crippen LogP) is 2.74. The molecule has 1 aliphatic heterocycles. The van der Waals surface area contributed by atoms with E-state index in [2.05, 4.69) is 17.5 Å². The first-order chi connectivity index (χ1) is 9.49. The van der Waals surface area contributed by atoms with Gasteiger partial charge in [0.2, 0.25) is 0 Å². The predicted molar refractivity (Wildman–Crippen MR) is 81.7 cm³/mol. The summed E-state index contributed by atoms with van der Waals surface area (Å²) in [6.07, 6.45) is 0.549. The molecule has 0 spiro atoms. The van der Waals surface area contributed by atoms with Crippen LogP contribution in [0.5, 0.6) is 5.75 Å². The smallest absolute Gasteiger partial charge is 0.140 e. The third kappa shape index (κ3) is 3.44. The number of benzene rings is 1. The molecule has 0 saturated carbocycles. The van der Waals surface area contributed by atoms with Crippen LogP contribution in [0.4, 0.5) is 0 Å². The normalized spacial score (nSPS) is 20.1. The minimum atomic E-state index is -0.517. The van der Waals surface area contributed by atoms with Crippen molar-refractivity contribution in [3.8, 4) is 5.75 Å². The number of nitrogens with zero attached hydrogens (tertiary/aromatic N) is 1. The van der Waals surface area contributed by atoms with Crippen LogP contribution < -0.4 is 10.2 Å². The molecular weight excluding hydrogens is 276 g/mol. The standard InChI is InChI=1S/C15H21ClN2O2/c1-9-4-5-17-18-14(9)12-6-10(2)15(13(16)7-12)20-8-11(3)19/h6-7,9,11,17,19H,4-5,8H2,1-3H3/t9?,11-/m0/s1. The number of halogens is 1. The van der Waals surface area contributed by atoms with Gasteiger partial charge in [0.15, 0.2) is 0 Å². The zero-order valence-electron chi connectivity index (χ0n) is 12.1. The van der Waals surface area contributed by atoms with Crippen LogP contribution in [0.1, 0.15) is 31.4 Å². The van der Waals surface area contributed by atoms with Gasteiger partial charge >= 0.3 is 0 Å². The van der Waals surface area contributed by atoms with E-state index in [-0.39, 0.29) is 6.61 Å². The van der Waals surface area contributed by atoms with Gasteiger partial charge in [-0.1, -0.05) is 18.5 Å². The Morgan fingerprint density at radius 3 is 2.90 bits per heavy atom. The Morgan fingerprint density at radius 1 is 1.55 bits per heavy atom. The van der Waals surface area contributed by atoms with Crippen LogP contribution in [0.2, 0.25) is 5.02 Å². The number of aliphatic hydroxyl groups is 1. The van der Waals surface area contributed by atoms with E-state index in [1.807, 2.05) is 19.1 Å². The maximum atomic E-state index is 9.29. The highest BCUT2D eigenvalue weighted by atomic mass is 35.5. The van der Waals surface area contributed by atoms with E-state index in [1.54, 1.807) is 6.92 Å². The lowest BCUT2D eigenvalue weighted by Gasteiger charge is -2.21. The number of hydrazone groups is 1. The number of ether oxygens (including phenoxy) is 1. The van der Waals surface area contributed by atoms with Crippen molar-refractivity contribution in [3.63, 3.8) is 0 Å². The quantitative estimate of drug-likeness (QED) is 0.898. The average molecular weight is 297 g/mol. The van der Waals surface area contributed by atoms with E-state index in [0.717, 1.165) is 29.8 Å². The SMILES string of the molecule is Cc1cc(C2=NNCCC2C)cc(Cl)c1OC[C@H](C)O. The number of aliphatic hydroxyl groups excluding tert-OH is 1. The Labute approximate surface area is 124 Å². The molecule has 1 aromatic carbocycles. The van der Waals surface area contributed by atoms with E-state index in [4.69, 9.17) is 16.3 Å². The molecule has 2 N–H and O–H groups in total. The lowest BCUT2D eigenvalue weighted by molar-refractivity contribution is 0.122. The molecule has 4 nitrogen and oxygen atoms in total. The van der Waals surface area contributed by atoms with Gasteiger partial charge in [-0.25, -0.2) is 0 Å². The zero-order chi connectivity index (χ0) is 14.7. The summed E-state index contributed by atoms with van der Waals surface area (Å²) in [5, 5.41) is 14.2. The molecule has 0 bridgehead atoms. The number of rotatable bonds is 4. The highest BCUT2D eigenvalue weighted by molar-refractivity contribution is 6.32. The van der Waals surface area contributed by atoms with Crippen LogP contribution in [0.3, 0.4) is 0 Å². The highest BCUT2D eigenvalue weighted by Gasteiger charge is 2.19. The molecular formula is C15H21ClN2O2. The molecule has 0 fully saturated rings. The van der Waals surface area contributed by atoms with Crippen LogP contribution in [0.15, 0.2) is 17.2 Å². The minimum Gasteiger partial charge on any atom is -0.489 e. The Bertz CT molecular complexity index is 492. The molecule has 0 amide bonds. The van der Waals surface area contributed by atoms with Crippen molar-refractivity contribution < 1.29 is 9.84 Å². The fraction of sp³-hybridized carbons (Fsp3) is 0.533. The first-order valence-electron chi connectivity index (χ1n) is 6.91. The van der Waals surface area contributed by atoms with Crippen LogP contribution in [-0.2, 0) is 0 Å². The second-order valence-electron chi connectivity index (χ2n) is 5.36. The monoisotopic (exact) mass is 296 g/mol. The summed E-state index contributed by atoms with van der Waals surface area (Å²) in [7, 11) is 0. The van der Waals surface area contributed by atoms with Gasteiger partial charge < -0.3 is 15.3 Å². The second-order valence-corrected chi connectivity index (χ2v) is 5.77. The fourth-order valence-corrected chi connectivity index (χ4v) is 2.60. The Balaban J connectivity index is 2.27. The molecule has 0 radical (unpaired) electrons. The lowest BCUT2D eigenvalue weighted by Crippen LogP contribution is -2.27. The Morgan fingerprint density at radius 2 is 2.30 bits per heavy atom. The van der Waals surface area contributed by atoms with E-state index in [0.29, 0.717) is 16.7 Å². The van der Waals surface area contributed by atoms with Gasteiger partial charge in [-0.15, -0.1) is 0 Å². The summed E-state index contributed by atoms with van der Waals surface area (Å²) in [5.41, 5.74) is 6.05. The van der Waals surface area contributed by atoms with Crippen LogP contribution in [0.25, 0.3) is 0 Å². The van der Waals surface area contributed by atoms with Gasteiger partial charge in [0.05, 0.1) is 16.8 Å². The second kappa shape index (κ2) is 6.46. The van der Waals surface area contributed by atoms with Crippen LogP contribution in [0, 0.1) is 12.8 Å². The average Bonchev–Trinajstić information content (AvgIpc) is 2.37. The van der Waals surface area contributed by atoms with Crippen molar-refractivity contribution in [1.29, 1.82) is 0 Å². The van der Waals surface area contributed by atoms with Crippen molar-refractivity contribution in [3.05, 3.63) is 28.3 Å². The molecule has 2 rings (SSSR count). The summed E-state index contributed by atoms with van der Waals surface area (Å²) in [6.45, 7) is 6.95. The van der Waals surface area contributed by atoms with Crippen molar-refractivity contribution in [2.45, 2.75) is 33.3 Å². The maximum absolute atomic E-state index is 9.29. The first-order valence-corrected chi connectivity index (χ1v) is 7.28. The summed E-state index contributed by atoms with van der Waals surface area (Å²) >= 11 is 6.30. The number of aryl methyl sites for hydroxylation is 1. The molecule has 1 aromatic rings. The van der Waals surface area contributed by atoms with Crippen LogP contribution >= 0.6 is 11.6 Å². The van der Waals surface area contributed by atoms with Gasteiger partial charge in [-0.05, 0) is 43.5 Å². The topological polar surface area (TPSA) is 53.9 Å². The number of hydrogen-bond donors (Lipinski definition) is 2. The fourth-order valence-electron chi connectivity index (χ4n) is 2.28. The summed E-state index contributed by atoms with van der Waals surface area (Å²) in [4.78, 5) is 0. The van der Waals surface area contributed by atoms with E-state index in [1.165, 1.54) is 0 Å². The van der Waals surface area contributed by atoms with Crippen molar-refractivity contribution in [2.24, 2.45) is 11.0 Å². The molecule has 1 heterocycles. The molecule has 110 valence electrons. The van der Waals surface area contributed by atoms with Gasteiger partial charge in [-0.2, -0.15) is 5.10 Å². The Hall–Kier alpha value is -1.26. The number of nitrogens with one attached hydrogen (secondary N) is 1. The largest absolute Gasteiger partial charge is 0.489 e. The highest BCUT2D eigenvalue weighted by Crippen LogP contribution is 2.31. The molecule has 20 heavy (non-hydrogen) atoms. The molecule has 1 aliphatic rings. The Kier molecular flexibility index (Phi) is 4.89. The summed E-state index contributed by atoms with van der Waals surface area (Å²) in [6, 6.07) is 3.92. The molecule has 2 atom stereocenters. The summed E-state index contributed by atoms with van der Waals surface area (Å²) in [5.74, 6) is 1.05. The van der Waals surface area contributed by atoms with Gasteiger partial charge in [0.1, 0.15) is 12.4 Å². The van der Waals surface area contributed by atoms with Crippen molar-refractivity contribution >= 4 is 17.3 Å². The van der Waals surface area contributed by atoms with Crippen molar-refractivity contribution in [2.75, 3.05) is 13.2 Å².